The van der Waals surface area contributed by atoms with Crippen LogP contribution in [0.4, 0.5) is 0 Å². The molecule has 0 bridgehead atoms. The molecule has 0 unspecified atom stereocenters. The van der Waals surface area contributed by atoms with E-state index in [0.29, 0.717) is 0 Å². The molecular weight excluding hydrogens is 280 g/mol. The molecule has 0 spiro atoms. The van der Waals surface area contributed by atoms with Gasteiger partial charge in [0.15, 0.2) is 0 Å². The van der Waals surface area contributed by atoms with Crippen LogP contribution in [0.1, 0.15) is 55.9 Å². The summed E-state index contributed by atoms with van der Waals surface area (Å²) in [6.45, 7) is 6.44. The fourth-order valence-electron chi connectivity index (χ4n) is 3.09. The van der Waals surface area contributed by atoms with E-state index in [1.54, 1.807) is 0 Å². The van der Waals surface area contributed by atoms with Gasteiger partial charge in [-0.2, -0.15) is 0 Å². The van der Waals surface area contributed by atoms with Crippen molar-refractivity contribution in [2.45, 2.75) is 51.7 Å². The van der Waals surface area contributed by atoms with Crippen LogP contribution in [0.25, 0.3) is 0 Å². The normalized spacial score (nSPS) is 15.1. The number of benzene rings is 2. The SMILES string of the molecule is CCc1cc(C#Cc2ccccc2)ccc1C1(OC(C)C)CC1. The van der Waals surface area contributed by atoms with Gasteiger partial charge in [-0.05, 0) is 68.5 Å². The van der Waals surface area contributed by atoms with Crippen molar-refractivity contribution in [3.63, 3.8) is 0 Å². The molecule has 23 heavy (non-hydrogen) atoms. The lowest BCUT2D eigenvalue weighted by molar-refractivity contribution is -0.0147. The first kappa shape index (κ1) is 15.8. The quantitative estimate of drug-likeness (QED) is 0.717. The Morgan fingerprint density at radius 1 is 1.00 bits per heavy atom. The lowest BCUT2D eigenvalue weighted by Gasteiger charge is -2.22. The minimum atomic E-state index is -0.0368. The maximum absolute atomic E-state index is 6.21. The van der Waals surface area contributed by atoms with Crippen molar-refractivity contribution in [2.24, 2.45) is 0 Å². The minimum Gasteiger partial charge on any atom is -0.368 e. The molecule has 1 aliphatic rings. The Bertz CT molecular complexity index is 728. The second-order valence-electron chi connectivity index (χ2n) is 6.50. The summed E-state index contributed by atoms with van der Waals surface area (Å²) in [6, 6.07) is 16.7. The largest absolute Gasteiger partial charge is 0.368 e. The van der Waals surface area contributed by atoms with E-state index in [1.807, 2.05) is 30.3 Å². The molecule has 1 fully saturated rings. The Morgan fingerprint density at radius 3 is 2.30 bits per heavy atom. The van der Waals surface area contributed by atoms with E-state index in [2.05, 4.69) is 50.8 Å². The number of hydrogen-bond donors (Lipinski definition) is 0. The van der Waals surface area contributed by atoms with Gasteiger partial charge < -0.3 is 4.74 Å². The van der Waals surface area contributed by atoms with E-state index in [9.17, 15) is 0 Å². The Kier molecular flexibility index (Phi) is 4.55. The molecule has 0 heterocycles. The van der Waals surface area contributed by atoms with Gasteiger partial charge in [-0.15, -0.1) is 0 Å². The van der Waals surface area contributed by atoms with E-state index in [-0.39, 0.29) is 11.7 Å². The van der Waals surface area contributed by atoms with Crippen molar-refractivity contribution in [1.82, 2.24) is 0 Å². The summed E-state index contributed by atoms with van der Waals surface area (Å²) in [4.78, 5) is 0. The van der Waals surface area contributed by atoms with Gasteiger partial charge >= 0.3 is 0 Å². The van der Waals surface area contributed by atoms with Crippen LogP contribution < -0.4 is 0 Å². The third-order valence-corrected chi connectivity index (χ3v) is 4.27. The molecule has 0 aromatic heterocycles. The maximum Gasteiger partial charge on any atom is 0.0939 e. The molecule has 2 aromatic carbocycles. The van der Waals surface area contributed by atoms with Crippen LogP contribution in [0, 0.1) is 11.8 Å². The van der Waals surface area contributed by atoms with Crippen LogP contribution in [0.2, 0.25) is 0 Å². The van der Waals surface area contributed by atoms with Crippen molar-refractivity contribution in [2.75, 3.05) is 0 Å². The molecule has 2 aromatic rings. The highest BCUT2D eigenvalue weighted by atomic mass is 16.5. The number of ether oxygens (including phenoxy) is 1. The zero-order valence-electron chi connectivity index (χ0n) is 14.2. The van der Waals surface area contributed by atoms with Crippen LogP contribution in [-0.4, -0.2) is 6.10 Å². The molecule has 118 valence electrons. The fraction of sp³-hybridized carbons (Fsp3) is 0.364. The molecule has 0 N–H and O–H groups in total. The highest BCUT2D eigenvalue weighted by Gasteiger charge is 2.47. The molecule has 0 aliphatic heterocycles. The van der Waals surface area contributed by atoms with Crippen molar-refractivity contribution < 1.29 is 4.74 Å². The van der Waals surface area contributed by atoms with Crippen molar-refractivity contribution in [3.05, 3.63) is 70.8 Å². The van der Waals surface area contributed by atoms with Gasteiger partial charge in [0.05, 0.1) is 11.7 Å². The van der Waals surface area contributed by atoms with Crippen LogP contribution in [-0.2, 0) is 16.8 Å². The van der Waals surface area contributed by atoms with Crippen molar-refractivity contribution in [1.29, 1.82) is 0 Å². The summed E-state index contributed by atoms with van der Waals surface area (Å²) in [5.74, 6) is 6.52. The lowest BCUT2D eigenvalue weighted by atomic mass is 9.96. The molecule has 1 aliphatic carbocycles. The summed E-state index contributed by atoms with van der Waals surface area (Å²) in [7, 11) is 0. The van der Waals surface area contributed by atoms with Crippen LogP contribution in [0.5, 0.6) is 0 Å². The van der Waals surface area contributed by atoms with Crippen LogP contribution in [0.3, 0.4) is 0 Å². The standard InChI is InChI=1S/C22H24O/c1-4-20-16-19(11-10-18-8-6-5-7-9-18)12-13-21(20)22(14-15-22)23-17(2)3/h5-9,12-13,16-17H,4,14-15H2,1-3H3. The second kappa shape index (κ2) is 6.60. The third-order valence-electron chi connectivity index (χ3n) is 4.27. The Hall–Kier alpha value is -2.04. The first-order valence-corrected chi connectivity index (χ1v) is 8.51. The molecule has 1 nitrogen and oxygen atoms in total. The van der Waals surface area contributed by atoms with Gasteiger partial charge in [0.2, 0.25) is 0 Å². The van der Waals surface area contributed by atoms with Gasteiger partial charge in [0, 0.05) is 11.1 Å². The van der Waals surface area contributed by atoms with Gasteiger partial charge in [-0.3, -0.25) is 0 Å². The van der Waals surface area contributed by atoms with Gasteiger partial charge in [-0.1, -0.05) is 43.0 Å². The summed E-state index contributed by atoms with van der Waals surface area (Å²) in [5, 5.41) is 0. The molecule has 1 heteroatoms. The Balaban J connectivity index is 1.88. The lowest BCUT2D eigenvalue weighted by Crippen LogP contribution is -2.19. The summed E-state index contributed by atoms with van der Waals surface area (Å²) in [5.41, 5.74) is 4.82. The van der Waals surface area contributed by atoms with Gasteiger partial charge in [0.25, 0.3) is 0 Å². The van der Waals surface area contributed by atoms with E-state index in [4.69, 9.17) is 4.74 Å². The maximum atomic E-state index is 6.21. The fourth-order valence-corrected chi connectivity index (χ4v) is 3.09. The molecule has 0 saturated heterocycles. The second-order valence-corrected chi connectivity index (χ2v) is 6.50. The zero-order chi connectivity index (χ0) is 16.3. The first-order valence-electron chi connectivity index (χ1n) is 8.51. The van der Waals surface area contributed by atoms with E-state index in [1.165, 1.54) is 11.1 Å². The summed E-state index contributed by atoms with van der Waals surface area (Å²) >= 11 is 0. The van der Waals surface area contributed by atoms with E-state index in [0.717, 1.165) is 30.4 Å². The van der Waals surface area contributed by atoms with Gasteiger partial charge in [0.1, 0.15) is 0 Å². The topological polar surface area (TPSA) is 9.23 Å². The van der Waals surface area contributed by atoms with Crippen molar-refractivity contribution >= 4 is 0 Å². The van der Waals surface area contributed by atoms with E-state index < -0.39 is 0 Å². The number of aryl methyl sites for hydroxylation is 1. The van der Waals surface area contributed by atoms with Crippen LogP contribution in [0.15, 0.2) is 48.5 Å². The van der Waals surface area contributed by atoms with Crippen molar-refractivity contribution in [3.8, 4) is 11.8 Å². The smallest absolute Gasteiger partial charge is 0.0939 e. The number of hydrogen-bond acceptors (Lipinski definition) is 1. The summed E-state index contributed by atoms with van der Waals surface area (Å²) in [6.07, 6.45) is 3.54. The average molecular weight is 304 g/mol. The van der Waals surface area contributed by atoms with Crippen LogP contribution >= 0.6 is 0 Å². The Labute approximate surface area is 139 Å². The minimum absolute atomic E-state index is 0.0368. The molecule has 1 saturated carbocycles. The van der Waals surface area contributed by atoms with E-state index >= 15 is 0 Å². The molecule has 0 amide bonds. The molecular formula is C22H24O. The molecule has 0 atom stereocenters. The molecule has 0 radical (unpaired) electrons. The Morgan fingerprint density at radius 2 is 1.70 bits per heavy atom. The first-order chi connectivity index (χ1) is 11.1. The van der Waals surface area contributed by atoms with Gasteiger partial charge in [-0.25, -0.2) is 0 Å². The predicted molar refractivity (Wildman–Crippen MR) is 95.4 cm³/mol. The third kappa shape index (κ3) is 3.66. The number of rotatable bonds is 4. The summed E-state index contributed by atoms with van der Waals surface area (Å²) < 4.78 is 6.21. The highest BCUT2D eigenvalue weighted by Crippen LogP contribution is 2.51. The average Bonchev–Trinajstić information content (AvgIpc) is 3.33. The highest BCUT2D eigenvalue weighted by molar-refractivity contribution is 5.47. The molecule has 3 rings (SSSR count). The zero-order valence-corrected chi connectivity index (χ0v) is 14.2. The predicted octanol–water partition coefficient (Wildman–Crippen LogP) is 5.06. The monoisotopic (exact) mass is 304 g/mol.